The van der Waals surface area contributed by atoms with Gasteiger partial charge in [0.1, 0.15) is 0 Å². The lowest BCUT2D eigenvalue weighted by Crippen LogP contribution is -2.26. The molecule has 0 aliphatic heterocycles. The van der Waals surface area contributed by atoms with E-state index in [4.69, 9.17) is 26.2 Å². The Hall–Kier alpha value is -1.42. The first-order valence-corrected chi connectivity index (χ1v) is 5.19. The number of hydrogen-bond donors (Lipinski definition) is 1. The second kappa shape index (κ2) is 5.61. The minimum atomic E-state index is -1.01. The van der Waals surface area contributed by atoms with Crippen molar-refractivity contribution in [2.75, 3.05) is 7.11 Å². The number of hydrogen-bond acceptors (Lipinski definition) is 3. The molecule has 0 aliphatic carbocycles. The molecule has 16 heavy (non-hydrogen) atoms. The quantitative estimate of drug-likeness (QED) is 0.865. The van der Waals surface area contributed by atoms with Crippen molar-refractivity contribution in [3.8, 4) is 11.5 Å². The van der Waals surface area contributed by atoms with Gasteiger partial charge in [0.2, 0.25) is 0 Å². The first kappa shape index (κ1) is 12.6. The van der Waals surface area contributed by atoms with Gasteiger partial charge in [-0.15, -0.1) is 0 Å². The standard InChI is InChI=1S/C11H13ClO4/c1-3-8(11(13)14)16-10-6-7(12)4-5-9(10)15-2/h4-6,8H,3H2,1-2H3,(H,13,14). The molecule has 0 aliphatic rings. The van der Waals surface area contributed by atoms with Crippen molar-refractivity contribution in [1.29, 1.82) is 0 Å². The monoisotopic (exact) mass is 244 g/mol. The van der Waals surface area contributed by atoms with Crippen LogP contribution in [0.2, 0.25) is 5.02 Å². The van der Waals surface area contributed by atoms with E-state index in [0.717, 1.165) is 0 Å². The van der Waals surface area contributed by atoms with Gasteiger partial charge in [0.05, 0.1) is 7.11 Å². The molecular formula is C11H13ClO4. The maximum atomic E-state index is 10.8. The van der Waals surface area contributed by atoms with E-state index in [9.17, 15) is 4.79 Å². The molecular weight excluding hydrogens is 232 g/mol. The molecule has 88 valence electrons. The highest BCUT2D eigenvalue weighted by molar-refractivity contribution is 6.30. The molecule has 0 saturated heterocycles. The smallest absolute Gasteiger partial charge is 0.344 e. The van der Waals surface area contributed by atoms with E-state index in [1.54, 1.807) is 19.1 Å². The fraction of sp³-hybridized carbons (Fsp3) is 0.364. The normalized spacial score (nSPS) is 11.9. The first-order chi connectivity index (χ1) is 7.58. The van der Waals surface area contributed by atoms with Crippen molar-refractivity contribution < 1.29 is 19.4 Å². The molecule has 0 amide bonds. The van der Waals surface area contributed by atoms with Crippen LogP contribution >= 0.6 is 11.6 Å². The molecule has 0 spiro atoms. The Morgan fingerprint density at radius 2 is 2.19 bits per heavy atom. The third-order valence-electron chi connectivity index (χ3n) is 2.04. The minimum absolute atomic E-state index is 0.337. The molecule has 0 aromatic heterocycles. The molecule has 1 rings (SSSR count). The predicted octanol–water partition coefficient (Wildman–Crippen LogP) is 2.59. The zero-order valence-corrected chi connectivity index (χ0v) is 9.82. The molecule has 0 radical (unpaired) electrons. The molecule has 0 saturated carbocycles. The molecule has 0 bridgehead atoms. The average molecular weight is 245 g/mol. The van der Waals surface area contributed by atoms with Gasteiger partial charge in [-0.3, -0.25) is 0 Å². The zero-order chi connectivity index (χ0) is 12.1. The summed E-state index contributed by atoms with van der Waals surface area (Å²) in [5.74, 6) is -0.210. The molecule has 5 heteroatoms. The van der Waals surface area contributed by atoms with Crippen molar-refractivity contribution in [1.82, 2.24) is 0 Å². The number of aliphatic carboxylic acids is 1. The molecule has 1 unspecified atom stereocenters. The maximum Gasteiger partial charge on any atom is 0.344 e. The van der Waals surface area contributed by atoms with Crippen molar-refractivity contribution in [3.63, 3.8) is 0 Å². The minimum Gasteiger partial charge on any atom is -0.493 e. The van der Waals surface area contributed by atoms with E-state index in [1.807, 2.05) is 0 Å². The van der Waals surface area contributed by atoms with E-state index in [1.165, 1.54) is 13.2 Å². The van der Waals surface area contributed by atoms with Gasteiger partial charge in [-0.1, -0.05) is 18.5 Å². The van der Waals surface area contributed by atoms with E-state index in [2.05, 4.69) is 0 Å². The molecule has 1 aromatic rings. The van der Waals surface area contributed by atoms with E-state index < -0.39 is 12.1 Å². The molecule has 4 nitrogen and oxygen atoms in total. The van der Waals surface area contributed by atoms with Crippen LogP contribution in [0.1, 0.15) is 13.3 Å². The zero-order valence-electron chi connectivity index (χ0n) is 9.07. The van der Waals surface area contributed by atoms with Crippen LogP contribution in [-0.4, -0.2) is 24.3 Å². The molecule has 0 fully saturated rings. The summed E-state index contributed by atoms with van der Waals surface area (Å²) < 4.78 is 10.4. The van der Waals surface area contributed by atoms with Gasteiger partial charge in [-0.2, -0.15) is 0 Å². The number of carbonyl (C=O) groups is 1. The van der Waals surface area contributed by atoms with Gasteiger partial charge in [0, 0.05) is 11.1 Å². The number of methoxy groups -OCH3 is 1. The Labute approximate surface area is 98.7 Å². The highest BCUT2D eigenvalue weighted by atomic mass is 35.5. The lowest BCUT2D eigenvalue weighted by atomic mass is 10.2. The van der Waals surface area contributed by atoms with Gasteiger partial charge >= 0.3 is 5.97 Å². The number of ether oxygens (including phenoxy) is 2. The van der Waals surface area contributed by atoms with Gasteiger partial charge in [0.15, 0.2) is 17.6 Å². The number of rotatable bonds is 5. The number of carboxylic acid groups (broad SMARTS) is 1. The predicted molar refractivity (Wildman–Crippen MR) is 60.3 cm³/mol. The highest BCUT2D eigenvalue weighted by Gasteiger charge is 2.18. The molecule has 0 heterocycles. The van der Waals surface area contributed by atoms with Crippen LogP contribution in [0.5, 0.6) is 11.5 Å². The van der Waals surface area contributed by atoms with Crippen molar-refractivity contribution >= 4 is 17.6 Å². The summed E-state index contributed by atoms with van der Waals surface area (Å²) in [6.07, 6.45) is -0.530. The van der Waals surface area contributed by atoms with E-state index >= 15 is 0 Å². The summed E-state index contributed by atoms with van der Waals surface area (Å²) in [7, 11) is 1.48. The van der Waals surface area contributed by atoms with E-state index in [0.29, 0.717) is 22.9 Å². The van der Waals surface area contributed by atoms with Gasteiger partial charge in [0.25, 0.3) is 0 Å². The summed E-state index contributed by atoms with van der Waals surface area (Å²) >= 11 is 5.80. The second-order valence-electron chi connectivity index (χ2n) is 3.15. The average Bonchev–Trinajstić information content (AvgIpc) is 2.25. The first-order valence-electron chi connectivity index (χ1n) is 4.81. The Morgan fingerprint density at radius 1 is 1.50 bits per heavy atom. The van der Waals surface area contributed by atoms with Crippen molar-refractivity contribution in [2.45, 2.75) is 19.4 Å². The Morgan fingerprint density at radius 3 is 2.69 bits per heavy atom. The number of carboxylic acids is 1. The Balaban J connectivity index is 2.93. The maximum absolute atomic E-state index is 10.8. The van der Waals surface area contributed by atoms with E-state index in [-0.39, 0.29) is 0 Å². The van der Waals surface area contributed by atoms with Crippen LogP contribution < -0.4 is 9.47 Å². The summed E-state index contributed by atoms with van der Waals surface area (Å²) in [5, 5.41) is 9.34. The lowest BCUT2D eigenvalue weighted by molar-refractivity contribution is -0.145. The topological polar surface area (TPSA) is 55.8 Å². The second-order valence-corrected chi connectivity index (χ2v) is 3.58. The summed E-state index contributed by atoms with van der Waals surface area (Å²) in [6.45, 7) is 1.73. The van der Waals surface area contributed by atoms with Crippen LogP contribution in [0, 0.1) is 0 Å². The van der Waals surface area contributed by atoms with Crippen molar-refractivity contribution in [2.24, 2.45) is 0 Å². The van der Waals surface area contributed by atoms with Gasteiger partial charge < -0.3 is 14.6 Å². The fourth-order valence-electron chi connectivity index (χ4n) is 1.20. The molecule has 1 atom stereocenters. The lowest BCUT2D eigenvalue weighted by Gasteiger charge is -2.15. The molecule has 1 N–H and O–H groups in total. The Kier molecular flexibility index (Phi) is 4.43. The van der Waals surface area contributed by atoms with Crippen LogP contribution in [0.3, 0.4) is 0 Å². The molecule has 1 aromatic carbocycles. The highest BCUT2D eigenvalue weighted by Crippen LogP contribution is 2.31. The third kappa shape index (κ3) is 3.03. The van der Waals surface area contributed by atoms with Gasteiger partial charge in [-0.05, 0) is 18.6 Å². The largest absolute Gasteiger partial charge is 0.493 e. The summed E-state index contributed by atoms with van der Waals surface area (Å²) in [5.41, 5.74) is 0. The fourth-order valence-corrected chi connectivity index (χ4v) is 1.37. The summed E-state index contributed by atoms with van der Waals surface area (Å²) in [6, 6.07) is 4.81. The Bertz CT molecular complexity index is 378. The van der Waals surface area contributed by atoms with Crippen LogP contribution in [0.15, 0.2) is 18.2 Å². The van der Waals surface area contributed by atoms with Crippen LogP contribution in [0.4, 0.5) is 0 Å². The summed E-state index contributed by atoms with van der Waals surface area (Å²) in [4.78, 5) is 10.8. The van der Waals surface area contributed by atoms with Gasteiger partial charge in [-0.25, -0.2) is 4.79 Å². The number of halogens is 1. The third-order valence-corrected chi connectivity index (χ3v) is 2.28. The van der Waals surface area contributed by atoms with Crippen LogP contribution in [-0.2, 0) is 4.79 Å². The SMILES string of the molecule is CCC(Oc1cc(Cl)ccc1OC)C(=O)O. The number of benzene rings is 1. The van der Waals surface area contributed by atoms with Crippen LogP contribution in [0.25, 0.3) is 0 Å². The van der Waals surface area contributed by atoms with Crippen molar-refractivity contribution in [3.05, 3.63) is 23.2 Å².